The zero-order valence-corrected chi connectivity index (χ0v) is 11.9. The molecular weight excluding hydrogens is 268 g/mol. The SMILES string of the molecule is NC(Cc1c(F)cccc1F)c1ccccc1C1CCC1. The molecule has 1 aliphatic rings. The van der Waals surface area contributed by atoms with Crippen molar-refractivity contribution in [2.24, 2.45) is 5.73 Å². The quantitative estimate of drug-likeness (QED) is 0.882. The van der Waals surface area contributed by atoms with Crippen LogP contribution in [0.25, 0.3) is 0 Å². The van der Waals surface area contributed by atoms with Crippen molar-refractivity contribution in [3.05, 3.63) is 70.8 Å². The van der Waals surface area contributed by atoms with Gasteiger partial charge in [0.05, 0.1) is 0 Å². The number of hydrogen-bond acceptors (Lipinski definition) is 1. The maximum atomic E-state index is 13.8. The standard InChI is InChI=1S/C18H19F2N/c19-16-9-4-10-17(20)15(16)11-18(21)14-8-2-1-7-13(14)12-5-3-6-12/h1-2,4,7-10,12,18H,3,5-6,11,21H2. The van der Waals surface area contributed by atoms with E-state index >= 15 is 0 Å². The minimum atomic E-state index is -0.522. The Morgan fingerprint density at radius 2 is 1.67 bits per heavy atom. The summed E-state index contributed by atoms with van der Waals surface area (Å²) in [5.74, 6) is -0.490. The summed E-state index contributed by atoms with van der Waals surface area (Å²) < 4.78 is 27.5. The van der Waals surface area contributed by atoms with Gasteiger partial charge in [0.15, 0.2) is 0 Å². The van der Waals surface area contributed by atoms with Gasteiger partial charge in [-0.1, -0.05) is 36.8 Å². The molecule has 110 valence electrons. The summed E-state index contributed by atoms with van der Waals surface area (Å²) >= 11 is 0. The molecule has 0 saturated heterocycles. The van der Waals surface area contributed by atoms with Crippen LogP contribution in [-0.2, 0) is 6.42 Å². The lowest BCUT2D eigenvalue weighted by Gasteiger charge is -2.29. The topological polar surface area (TPSA) is 26.0 Å². The molecule has 0 spiro atoms. The first kappa shape index (κ1) is 14.2. The van der Waals surface area contributed by atoms with Crippen LogP contribution in [0.2, 0.25) is 0 Å². The van der Waals surface area contributed by atoms with Crippen LogP contribution in [-0.4, -0.2) is 0 Å². The fourth-order valence-corrected chi connectivity index (χ4v) is 3.00. The molecule has 3 heteroatoms. The van der Waals surface area contributed by atoms with E-state index in [9.17, 15) is 8.78 Å². The van der Waals surface area contributed by atoms with Gasteiger partial charge in [0.2, 0.25) is 0 Å². The fraction of sp³-hybridized carbons (Fsp3) is 0.333. The highest BCUT2D eigenvalue weighted by Gasteiger charge is 2.24. The summed E-state index contributed by atoms with van der Waals surface area (Å²) in [6.07, 6.45) is 3.79. The fourth-order valence-electron chi connectivity index (χ4n) is 3.00. The molecule has 0 aliphatic heterocycles. The van der Waals surface area contributed by atoms with Crippen LogP contribution in [0.5, 0.6) is 0 Å². The molecule has 1 atom stereocenters. The van der Waals surface area contributed by atoms with Crippen molar-refractivity contribution in [2.75, 3.05) is 0 Å². The van der Waals surface area contributed by atoms with Crippen LogP contribution in [0.3, 0.4) is 0 Å². The molecule has 1 fully saturated rings. The van der Waals surface area contributed by atoms with E-state index < -0.39 is 11.6 Å². The Morgan fingerprint density at radius 3 is 2.29 bits per heavy atom. The van der Waals surface area contributed by atoms with Gasteiger partial charge in [0, 0.05) is 11.6 Å². The molecule has 1 unspecified atom stereocenters. The number of nitrogens with two attached hydrogens (primary N) is 1. The normalized spacial score (nSPS) is 16.5. The van der Waals surface area contributed by atoms with E-state index in [0.717, 1.165) is 5.56 Å². The molecule has 0 heterocycles. The Kier molecular flexibility index (Phi) is 4.02. The summed E-state index contributed by atoms with van der Waals surface area (Å²) in [7, 11) is 0. The average Bonchev–Trinajstić information content (AvgIpc) is 2.42. The van der Waals surface area contributed by atoms with Gasteiger partial charge in [-0.25, -0.2) is 8.78 Å². The first-order chi connectivity index (χ1) is 10.2. The first-order valence-corrected chi connectivity index (χ1v) is 7.44. The maximum absolute atomic E-state index is 13.8. The van der Waals surface area contributed by atoms with Gasteiger partial charge in [-0.15, -0.1) is 0 Å². The third-order valence-electron chi connectivity index (χ3n) is 4.43. The van der Waals surface area contributed by atoms with Gasteiger partial charge in [0.1, 0.15) is 11.6 Å². The highest BCUT2D eigenvalue weighted by molar-refractivity contribution is 5.35. The third-order valence-corrected chi connectivity index (χ3v) is 4.43. The van der Waals surface area contributed by atoms with Crippen LogP contribution in [0.1, 0.15) is 47.9 Å². The predicted octanol–water partition coefficient (Wildman–Crippen LogP) is 4.47. The van der Waals surface area contributed by atoms with Crippen molar-refractivity contribution in [2.45, 2.75) is 37.6 Å². The highest BCUT2D eigenvalue weighted by Crippen LogP contribution is 2.39. The van der Waals surface area contributed by atoms with Gasteiger partial charge in [-0.2, -0.15) is 0 Å². The van der Waals surface area contributed by atoms with E-state index in [1.165, 1.54) is 43.0 Å². The van der Waals surface area contributed by atoms with E-state index in [4.69, 9.17) is 5.73 Å². The monoisotopic (exact) mass is 287 g/mol. The minimum absolute atomic E-state index is 0.0772. The molecule has 21 heavy (non-hydrogen) atoms. The van der Waals surface area contributed by atoms with Crippen molar-refractivity contribution >= 4 is 0 Å². The van der Waals surface area contributed by atoms with Gasteiger partial charge < -0.3 is 5.73 Å². The van der Waals surface area contributed by atoms with E-state index in [0.29, 0.717) is 5.92 Å². The van der Waals surface area contributed by atoms with Crippen LogP contribution >= 0.6 is 0 Å². The highest BCUT2D eigenvalue weighted by atomic mass is 19.1. The molecule has 1 nitrogen and oxygen atoms in total. The number of rotatable bonds is 4. The zero-order chi connectivity index (χ0) is 14.8. The maximum Gasteiger partial charge on any atom is 0.129 e. The smallest absolute Gasteiger partial charge is 0.129 e. The second-order valence-electron chi connectivity index (χ2n) is 5.77. The van der Waals surface area contributed by atoms with Crippen molar-refractivity contribution < 1.29 is 8.78 Å². The lowest BCUT2D eigenvalue weighted by Crippen LogP contribution is -2.20. The Balaban J connectivity index is 1.87. The molecule has 0 amide bonds. The molecule has 0 bridgehead atoms. The molecular formula is C18H19F2N. The van der Waals surface area contributed by atoms with E-state index in [1.807, 2.05) is 18.2 Å². The van der Waals surface area contributed by atoms with Gasteiger partial charge in [-0.05, 0) is 48.4 Å². The van der Waals surface area contributed by atoms with Crippen LogP contribution in [0.4, 0.5) is 8.78 Å². The van der Waals surface area contributed by atoms with Crippen molar-refractivity contribution in [1.82, 2.24) is 0 Å². The Bertz CT molecular complexity index is 615. The van der Waals surface area contributed by atoms with E-state index in [2.05, 4.69) is 6.07 Å². The molecule has 0 radical (unpaired) electrons. The molecule has 2 N–H and O–H groups in total. The minimum Gasteiger partial charge on any atom is -0.324 e. The summed E-state index contributed by atoms with van der Waals surface area (Å²) in [5, 5.41) is 0. The summed E-state index contributed by atoms with van der Waals surface area (Å²) in [4.78, 5) is 0. The second-order valence-corrected chi connectivity index (χ2v) is 5.77. The van der Waals surface area contributed by atoms with E-state index in [-0.39, 0.29) is 18.0 Å². The van der Waals surface area contributed by atoms with Crippen LogP contribution < -0.4 is 5.73 Å². The Hall–Kier alpha value is -1.74. The lowest BCUT2D eigenvalue weighted by molar-refractivity contribution is 0.414. The van der Waals surface area contributed by atoms with Crippen molar-refractivity contribution in [1.29, 1.82) is 0 Å². The number of halogens is 2. The van der Waals surface area contributed by atoms with Crippen LogP contribution in [0.15, 0.2) is 42.5 Å². The number of hydrogen-bond donors (Lipinski definition) is 1. The van der Waals surface area contributed by atoms with E-state index in [1.54, 1.807) is 0 Å². The average molecular weight is 287 g/mol. The molecule has 1 saturated carbocycles. The van der Waals surface area contributed by atoms with Gasteiger partial charge in [-0.3, -0.25) is 0 Å². The molecule has 2 aromatic carbocycles. The number of benzene rings is 2. The predicted molar refractivity (Wildman–Crippen MR) is 80.0 cm³/mol. The first-order valence-electron chi connectivity index (χ1n) is 7.44. The van der Waals surface area contributed by atoms with Crippen molar-refractivity contribution in [3.8, 4) is 0 Å². The Morgan fingerprint density at radius 1 is 1.00 bits per heavy atom. The van der Waals surface area contributed by atoms with Crippen molar-refractivity contribution in [3.63, 3.8) is 0 Å². The second kappa shape index (κ2) is 5.94. The van der Waals surface area contributed by atoms with Gasteiger partial charge >= 0.3 is 0 Å². The van der Waals surface area contributed by atoms with Crippen LogP contribution in [0, 0.1) is 11.6 Å². The third kappa shape index (κ3) is 2.84. The zero-order valence-electron chi connectivity index (χ0n) is 11.9. The Labute approximate surface area is 123 Å². The summed E-state index contributed by atoms with van der Waals surface area (Å²) in [6, 6.07) is 11.6. The molecule has 2 aromatic rings. The molecule has 3 rings (SSSR count). The lowest BCUT2D eigenvalue weighted by atomic mass is 9.77. The largest absolute Gasteiger partial charge is 0.324 e. The molecule has 0 aromatic heterocycles. The molecule has 1 aliphatic carbocycles. The summed E-state index contributed by atoms with van der Waals surface area (Å²) in [5.41, 5.74) is 8.59. The summed E-state index contributed by atoms with van der Waals surface area (Å²) in [6.45, 7) is 0. The van der Waals surface area contributed by atoms with Gasteiger partial charge in [0.25, 0.3) is 0 Å².